The minimum atomic E-state index is -0.671. The van der Waals surface area contributed by atoms with E-state index in [0.717, 1.165) is 0 Å². The first kappa shape index (κ1) is 13.1. The molecule has 5 nitrogen and oxygen atoms in total. The van der Waals surface area contributed by atoms with Crippen LogP contribution in [-0.2, 0) is 0 Å². The van der Waals surface area contributed by atoms with Gasteiger partial charge in [-0.05, 0) is 29.8 Å². The maximum Gasteiger partial charge on any atom is 0.347 e. The van der Waals surface area contributed by atoms with Crippen molar-refractivity contribution in [1.29, 1.82) is 0 Å². The van der Waals surface area contributed by atoms with Crippen LogP contribution in [0.15, 0.2) is 51.7 Å². The van der Waals surface area contributed by atoms with Gasteiger partial charge in [-0.2, -0.15) is 0 Å². The van der Waals surface area contributed by atoms with Gasteiger partial charge < -0.3 is 19.4 Å². The number of methoxy groups -OCH3 is 1. The lowest BCUT2D eigenvalue weighted by Gasteiger charge is -2.07. The number of ether oxygens (including phenoxy) is 1. The highest BCUT2D eigenvalue weighted by atomic mass is 16.5. The van der Waals surface area contributed by atoms with Crippen molar-refractivity contribution in [2.24, 2.45) is 0 Å². The van der Waals surface area contributed by atoms with Gasteiger partial charge in [0.2, 0.25) is 0 Å². The Bertz CT molecular complexity index is 862. The summed E-state index contributed by atoms with van der Waals surface area (Å²) in [6.45, 7) is 0. The number of fused-ring (bicyclic) bond motifs is 1. The molecule has 106 valence electrons. The standard InChI is InChI=1S/C16H12O5/c1-20-11-5-2-9(3-6-11)14-15(18)12-7-4-10(17)8-13(12)21-16(14)19/h2-8,17-18H,1H3. The zero-order valence-corrected chi connectivity index (χ0v) is 11.2. The highest BCUT2D eigenvalue weighted by molar-refractivity contribution is 5.90. The second kappa shape index (κ2) is 4.86. The molecule has 0 unspecified atom stereocenters. The highest BCUT2D eigenvalue weighted by Gasteiger charge is 2.16. The molecular weight excluding hydrogens is 272 g/mol. The Morgan fingerprint density at radius 3 is 2.43 bits per heavy atom. The van der Waals surface area contributed by atoms with Gasteiger partial charge in [-0.15, -0.1) is 0 Å². The van der Waals surface area contributed by atoms with Crippen LogP contribution in [-0.4, -0.2) is 17.3 Å². The third-order valence-electron chi connectivity index (χ3n) is 3.24. The van der Waals surface area contributed by atoms with Gasteiger partial charge in [-0.3, -0.25) is 0 Å². The van der Waals surface area contributed by atoms with Crippen LogP contribution in [0.1, 0.15) is 0 Å². The molecule has 2 aromatic carbocycles. The van der Waals surface area contributed by atoms with Gasteiger partial charge >= 0.3 is 5.63 Å². The zero-order chi connectivity index (χ0) is 15.0. The number of rotatable bonds is 2. The largest absolute Gasteiger partial charge is 0.508 e. The number of benzene rings is 2. The quantitative estimate of drug-likeness (QED) is 0.707. The molecule has 0 fully saturated rings. The van der Waals surface area contributed by atoms with Crippen molar-refractivity contribution in [2.75, 3.05) is 7.11 Å². The van der Waals surface area contributed by atoms with Gasteiger partial charge in [0.05, 0.1) is 12.5 Å². The summed E-state index contributed by atoms with van der Waals surface area (Å²) in [6, 6.07) is 10.9. The van der Waals surface area contributed by atoms with E-state index in [2.05, 4.69) is 0 Å². The summed E-state index contributed by atoms with van der Waals surface area (Å²) in [6.07, 6.45) is 0. The van der Waals surface area contributed by atoms with Crippen LogP contribution in [0.3, 0.4) is 0 Å². The molecule has 0 saturated carbocycles. The lowest BCUT2D eigenvalue weighted by molar-refractivity contribution is 0.415. The molecule has 2 N–H and O–H groups in total. The number of hydrogen-bond acceptors (Lipinski definition) is 5. The molecule has 3 aromatic rings. The summed E-state index contributed by atoms with van der Waals surface area (Å²) in [5, 5.41) is 20.1. The number of aromatic hydroxyl groups is 2. The summed E-state index contributed by atoms with van der Waals surface area (Å²) < 4.78 is 10.2. The molecule has 0 atom stereocenters. The number of phenols is 1. The molecule has 3 rings (SSSR count). The van der Waals surface area contributed by atoms with Crippen LogP contribution in [0.5, 0.6) is 17.2 Å². The fourth-order valence-electron chi connectivity index (χ4n) is 2.19. The second-order valence-electron chi connectivity index (χ2n) is 4.52. The topological polar surface area (TPSA) is 79.9 Å². The number of phenolic OH excluding ortho intramolecular Hbond substituents is 1. The van der Waals surface area contributed by atoms with E-state index < -0.39 is 5.63 Å². The van der Waals surface area contributed by atoms with E-state index in [0.29, 0.717) is 16.7 Å². The molecule has 0 aliphatic rings. The van der Waals surface area contributed by atoms with Gasteiger partial charge in [0.1, 0.15) is 28.4 Å². The Labute approximate surface area is 119 Å². The van der Waals surface area contributed by atoms with Gasteiger partial charge in [0.25, 0.3) is 0 Å². The Morgan fingerprint density at radius 1 is 1.05 bits per heavy atom. The molecule has 0 saturated heterocycles. The Balaban J connectivity index is 2.26. The average molecular weight is 284 g/mol. The van der Waals surface area contributed by atoms with E-state index in [1.54, 1.807) is 31.4 Å². The van der Waals surface area contributed by atoms with E-state index in [4.69, 9.17) is 9.15 Å². The first-order valence-corrected chi connectivity index (χ1v) is 6.23. The van der Waals surface area contributed by atoms with E-state index in [1.807, 2.05) is 0 Å². The summed E-state index contributed by atoms with van der Waals surface area (Å²) in [5.74, 6) is 0.432. The first-order chi connectivity index (χ1) is 10.1. The van der Waals surface area contributed by atoms with Crippen LogP contribution < -0.4 is 10.4 Å². The molecule has 0 amide bonds. The Kier molecular flexibility index (Phi) is 3.02. The lowest BCUT2D eigenvalue weighted by Crippen LogP contribution is -2.03. The second-order valence-corrected chi connectivity index (χ2v) is 4.52. The van der Waals surface area contributed by atoms with Gasteiger partial charge in [-0.25, -0.2) is 4.79 Å². The summed E-state index contributed by atoms with van der Waals surface area (Å²) in [7, 11) is 1.54. The molecule has 0 radical (unpaired) electrons. The van der Waals surface area contributed by atoms with Crippen molar-refractivity contribution >= 4 is 11.0 Å². The predicted octanol–water partition coefficient (Wildman–Crippen LogP) is 2.88. The predicted molar refractivity (Wildman–Crippen MR) is 77.8 cm³/mol. The maximum absolute atomic E-state index is 12.1. The van der Waals surface area contributed by atoms with Crippen molar-refractivity contribution in [3.63, 3.8) is 0 Å². The van der Waals surface area contributed by atoms with Crippen molar-refractivity contribution in [2.45, 2.75) is 0 Å². The SMILES string of the molecule is COc1ccc(-c2c(O)c3ccc(O)cc3oc2=O)cc1. The molecule has 0 aliphatic carbocycles. The van der Waals surface area contributed by atoms with Crippen LogP contribution in [0, 0.1) is 0 Å². The molecule has 1 heterocycles. The highest BCUT2D eigenvalue weighted by Crippen LogP contribution is 2.34. The third-order valence-corrected chi connectivity index (χ3v) is 3.24. The van der Waals surface area contributed by atoms with Gasteiger partial charge in [0, 0.05) is 6.07 Å². The smallest absolute Gasteiger partial charge is 0.347 e. The molecule has 1 aromatic heterocycles. The summed E-state index contributed by atoms with van der Waals surface area (Å²) in [4.78, 5) is 12.1. The maximum atomic E-state index is 12.1. The van der Waals surface area contributed by atoms with E-state index in [-0.39, 0.29) is 22.6 Å². The molecule has 21 heavy (non-hydrogen) atoms. The fourth-order valence-corrected chi connectivity index (χ4v) is 2.19. The van der Waals surface area contributed by atoms with Crippen LogP contribution in [0.2, 0.25) is 0 Å². The zero-order valence-electron chi connectivity index (χ0n) is 11.2. The third kappa shape index (κ3) is 2.18. The average Bonchev–Trinajstić information content (AvgIpc) is 2.47. The summed E-state index contributed by atoms with van der Waals surface area (Å²) in [5.41, 5.74) is 0.0680. The van der Waals surface area contributed by atoms with Crippen LogP contribution >= 0.6 is 0 Å². The minimum absolute atomic E-state index is 0.0396. The van der Waals surface area contributed by atoms with Crippen molar-refractivity contribution < 1.29 is 19.4 Å². The molecule has 0 spiro atoms. The monoisotopic (exact) mass is 284 g/mol. The van der Waals surface area contributed by atoms with E-state index in [1.165, 1.54) is 18.2 Å². The van der Waals surface area contributed by atoms with Crippen LogP contribution in [0.25, 0.3) is 22.1 Å². The van der Waals surface area contributed by atoms with Crippen molar-refractivity contribution in [3.8, 4) is 28.4 Å². The fraction of sp³-hybridized carbons (Fsp3) is 0.0625. The minimum Gasteiger partial charge on any atom is -0.508 e. The lowest BCUT2D eigenvalue weighted by atomic mass is 10.0. The first-order valence-electron chi connectivity index (χ1n) is 6.23. The molecule has 5 heteroatoms. The molecule has 0 aliphatic heterocycles. The molecule has 0 bridgehead atoms. The van der Waals surface area contributed by atoms with Gasteiger partial charge in [-0.1, -0.05) is 12.1 Å². The van der Waals surface area contributed by atoms with Crippen molar-refractivity contribution in [3.05, 3.63) is 52.9 Å². The van der Waals surface area contributed by atoms with E-state index >= 15 is 0 Å². The summed E-state index contributed by atoms with van der Waals surface area (Å²) >= 11 is 0. The number of hydrogen-bond donors (Lipinski definition) is 2. The van der Waals surface area contributed by atoms with Gasteiger partial charge in [0.15, 0.2) is 0 Å². The Hall–Kier alpha value is -2.95. The molecular formula is C16H12O5. The normalized spacial score (nSPS) is 10.7. The van der Waals surface area contributed by atoms with Crippen molar-refractivity contribution in [1.82, 2.24) is 0 Å². The van der Waals surface area contributed by atoms with E-state index in [9.17, 15) is 15.0 Å². The Morgan fingerprint density at radius 2 is 1.76 bits per heavy atom. The van der Waals surface area contributed by atoms with Crippen LogP contribution in [0.4, 0.5) is 0 Å².